The van der Waals surface area contributed by atoms with Crippen LogP contribution in [0.3, 0.4) is 0 Å². The molecule has 0 fully saturated rings. The third-order valence-electron chi connectivity index (χ3n) is 5.00. The summed E-state index contributed by atoms with van der Waals surface area (Å²) in [6.45, 7) is 4.84. The highest BCUT2D eigenvalue weighted by Crippen LogP contribution is 2.14. The van der Waals surface area contributed by atoms with E-state index in [1.807, 2.05) is 44.2 Å². The third-order valence-corrected chi connectivity index (χ3v) is 5.00. The van der Waals surface area contributed by atoms with Crippen LogP contribution < -0.4 is 16.6 Å². The number of nitrogens with one attached hydrogen (secondary N) is 1. The molecule has 0 aliphatic carbocycles. The molecule has 0 spiro atoms. The largest absolute Gasteiger partial charge is 0.352 e. The summed E-state index contributed by atoms with van der Waals surface area (Å²) in [6.07, 6.45) is 0. The first-order valence-corrected chi connectivity index (χ1v) is 9.81. The molecule has 0 bridgehead atoms. The lowest BCUT2D eigenvalue weighted by Gasteiger charge is -2.09. The number of carbonyl (C=O) groups excluding carboxylic acids is 1. The normalized spacial score (nSPS) is 11.5. The van der Waals surface area contributed by atoms with Crippen molar-refractivity contribution in [3.63, 3.8) is 0 Å². The van der Waals surface area contributed by atoms with Crippen molar-refractivity contribution in [2.75, 3.05) is 6.54 Å². The number of fused-ring (bicyclic) bond motifs is 3. The smallest absolute Gasteiger partial charge is 0.352 e. The Labute approximate surface area is 172 Å². The highest BCUT2D eigenvalue weighted by molar-refractivity contribution is 5.98. The molecule has 0 radical (unpaired) electrons. The fourth-order valence-electron chi connectivity index (χ4n) is 3.39. The van der Waals surface area contributed by atoms with Crippen molar-refractivity contribution < 1.29 is 4.79 Å². The van der Waals surface area contributed by atoms with Gasteiger partial charge in [-0.2, -0.15) is 0 Å². The number of hydrogen-bond donors (Lipinski definition) is 1. The molecular formula is C22H23N5O3. The van der Waals surface area contributed by atoms with E-state index in [-0.39, 0.29) is 29.5 Å². The van der Waals surface area contributed by atoms with Crippen LogP contribution in [0.15, 0.2) is 58.1 Å². The van der Waals surface area contributed by atoms with Gasteiger partial charge < -0.3 is 5.32 Å². The molecule has 0 unspecified atom stereocenters. The second kappa shape index (κ2) is 7.62. The lowest BCUT2D eigenvalue weighted by atomic mass is 10.1. The zero-order valence-electron chi connectivity index (χ0n) is 17.1. The molecule has 0 aliphatic heterocycles. The summed E-state index contributed by atoms with van der Waals surface area (Å²) >= 11 is 0. The number of benzene rings is 2. The van der Waals surface area contributed by atoms with Gasteiger partial charge in [0.05, 0.1) is 17.4 Å². The first-order valence-electron chi connectivity index (χ1n) is 9.81. The van der Waals surface area contributed by atoms with Gasteiger partial charge in [0, 0.05) is 19.2 Å². The van der Waals surface area contributed by atoms with E-state index in [9.17, 15) is 14.4 Å². The number of aromatic nitrogens is 4. The van der Waals surface area contributed by atoms with Crippen molar-refractivity contribution in [3.05, 3.63) is 80.5 Å². The zero-order valence-corrected chi connectivity index (χ0v) is 17.1. The van der Waals surface area contributed by atoms with Crippen molar-refractivity contribution in [1.82, 2.24) is 24.1 Å². The topological polar surface area (TPSA) is 90.4 Å². The van der Waals surface area contributed by atoms with Gasteiger partial charge in [-0.3, -0.25) is 14.2 Å². The molecule has 1 amide bonds. The van der Waals surface area contributed by atoms with E-state index in [0.29, 0.717) is 28.9 Å². The van der Waals surface area contributed by atoms with Crippen LogP contribution in [0, 0.1) is 5.92 Å². The van der Waals surface area contributed by atoms with Crippen molar-refractivity contribution in [3.8, 4) is 0 Å². The lowest BCUT2D eigenvalue weighted by molar-refractivity contribution is 0.0949. The molecule has 4 rings (SSSR count). The van der Waals surface area contributed by atoms with Crippen LogP contribution in [-0.4, -0.2) is 31.2 Å². The average Bonchev–Trinajstić information content (AvgIpc) is 3.07. The molecule has 30 heavy (non-hydrogen) atoms. The Balaban J connectivity index is 1.89. The molecular weight excluding hydrogens is 382 g/mol. The van der Waals surface area contributed by atoms with Gasteiger partial charge in [-0.05, 0) is 29.7 Å². The summed E-state index contributed by atoms with van der Waals surface area (Å²) in [6, 6.07) is 14.3. The minimum Gasteiger partial charge on any atom is -0.352 e. The summed E-state index contributed by atoms with van der Waals surface area (Å²) in [5, 5.41) is 7.59. The van der Waals surface area contributed by atoms with Crippen molar-refractivity contribution >= 4 is 22.6 Å². The SMILES string of the molecule is CC(C)CNC(=O)c1ccc2c(=O)n(C)c3nn(Cc4ccccc4)c(=O)n3c2c1. The Hall–Kier alpha value is -3.68. The summed E-state index contributed by atoms with van der Waals surface area (Å²) in [4.78, 5) is 38.5. The number of nitrogens with zero attached hydrogens (tertiary/aromatic N) is 4. The average molecular weight is 405 g/mol. The predicted octanol–water partition coefficient (Wildman–Crippen LogP) is 1.78. The van der Waals surface area contributed by atoms with Gasteiger partial charge >= 0.3 is 5.69 Å². The summed E-state index contributed by atoms with van der Waals surface area (Å²) in [5.74, 6) is 0.296. The molecule has 8 heteroatoms. The summed E-state index contributed by atoms with van der Waals surface area (Å²) in [5.41, 5.74) is 1.04. The summed E-state index contributed by atoms with van der Waals surface area (Å²) < 4.78 is 4.07. The Bertz CT molecular complexity index is 1360. The number of aryl methyl sites for hydroxylation is 1. The summed E-state index contributed by atoms with van der Waals surface area (Å²) in [7, 11) is 1.58. The van der Waals surface area contributed by atoms with Gasteiger partial charge in [0.1, 0.15) is 0 Å². The molecule has 0 saturated carbocycles. The van der Waals surface area contributed by atoms with Crippen molar-refractivity contribution in [1.29, 1.82) is 0 Å². The Morgan fingerprint density at radius 1 is 1.10 bits per heavy atom. The van der Waals surface area contributed by atoms with E-state index in [0.717, 1.165) is 5.56 Å². The molecule has 0 saturated heterocycles. The number of carbonyl (C=O) groups is 1. The molecule has 4 aromatic rings. The quantitative estimate of drug-likeness (QED) is 0.548. The maximum Gasteiger partial charge on any atom is 0.352 e. The van der Waals surface area contributed by atoms with E-state index in [2.05, 4.69) is 10.4 Å². The molecule has 154 valence electrons. The molecule has 2 aromatic carbocycles. The van der Waals surface area contributed by atoms with Crippen LogP contribution in [0.4, 0.5) is 0 Å². The van der Waals surface area contributed by atoms with Gasteiger partial charge in [0.2, 0.25) is 5.78 Å². The second-order valence-electron chi connectivity index (χ2n) is 7.76. The second-order valence-corrected chi connectivity index (χ2v) is 7.76. The highest BCUT2D eigenvalue weighted by atomic mass is 16.2. The van der Waals surface area contributed by atoms with Gasteiger partial charge in [0.25, 0.3) is 11.5 Å². The van der Waals surface area contributed by atoms with Gasteiger partial charge in [-0.15, -0.1) is 5.10 Å². The van der Waals surface area contributed by atoms with Crippen LogP contribution in [0.5, 0.6) is 0 Å². The number of hydrogen-bond acceptors (Lipinski definition) is 4. The molecule has 1 N–H and O–H groups in total. The molecule has 0 atom stereocenters. The highest BCUT2D eigenvalue weighted by Gasteiger charge is 2.17. The van der Waals surface area contributed by atoms with Gasteiger partial charge in [-0.1, -0.05) is 44.2 Å². The standard InChI is InChI=1S/C22H23N5O3/c1-14(2)12-23-19(28)16-9-10-17-18(11-16)27-21(25(3)20(17)29)24-26(22(27)30)13-15-7-5-4-6-8-15/h4-11,14H,12-13H2,1-3H3,(H,23,28). The van der Waals surface area contributed by atoms with E-state index in [1.54, 1.807) is 25.2 Å². The zero-order chi connectivity index (χ0) is 21.4. The molecule has 8 nitrogen and oxygen atoms in total. The minimum atomic E-state index is -0.366. The van der Waals surface area contributed by atoms with Crippen LogP contribution in [-0.2, 0) is 13.6 Å². The number of rotatable bonds is 5. The first-order chi connectivity index (χ1) is 14.4. The van der Waals surface area contributed by atoms with Crippen LogP contribution >= 0.6 is 0 Å². The Kier molecular flexibility index (Phi) is 4.99. The first kappa shape index (κ1) is 19.6. The lowest BCUT2D eigenvalue weighted by Crippen LogP contribution is -2.28. The van der Waals surface area contributed by atoms with Gasteiger partial charge in [0.15, 0.2) is 0 Å². The fraction of sp³-hybridized carbons (Fsp3) is 0.273. The van der Waals surface area contributed by atoms with Crippen molar-refractivity contribution in [2.45, 2.75) is 20.4 Å². The predicted molar refractivity (Wildman–Crippen MR) is 115 cm³/mol. The molecule has 2 heterocycles. The Morgan fingerprint density at radius 3 is 2.53 bits per heavy atom. The van der Waals surface area contributed by atoms with Gasteiger partial charge in [-0.25, -0.2) is 13.9 Å². The van der Waals surface area contributed by atoms with Crippen LogP contribution in [0.1, 0.15) is 29.8 Å². The van der Waals surface area contributed by atoms with Crippen LogP contribution in [0.2, 0.25) is 0 Å². The monoisotopic (exact) mass is 405 g/mol. The van der Waals surface area contributed by atoms with Crippen LogP contribution in [0.25, 0.3) is 16.7 Å². The van der Waals surface area contributed by atoms with E-state index in [4.69, 9.17) is 0 Å². The minimum absolute atomic E-state index is 0.230. The number of amides is 1. The van der Waals surface area contributed by atoms with E-state index >= 15 is 0 Å². The maximum absolute atomic E-state index is 13.2. The van der Waals surface area contributed by atoms with E-state index < -0.39 is 0 Å². The molecule has 2 aromatic heterocycles. The maximum atomic E-state index is 13.2. The molecule has 0 aliphatic rings. The third kappa shape index (κ3) is 3.41. The Morgan fingerprint density at radius 2 is 1.83 bits per heavy atom. The van der Waals surface area contributed by atoms with Crippen molar-refractivity contribution in [2.24, 2.45) is 13.0 Å². The van der Waals surface area contributed by atoms with E-state index in [1.165, 1.54) is 13.6 Å². The fourth-order valence-corrected chi connectivity index (χ4v) is 3.39.